The summed E-state index contributed by atoms with van der Waals surface area (Å²) in [5.41, 5.74) is 4.58. The number of hydrogen-bond donors (Lipinski definition) is 1. The van der Waals surface area contributed by atoms with E-state index in [9.17, 15) is 14.0 Å². The van der Waals surface area contributed by atoms with Gasteiger partial charge >= 0.3 is 0 Å². The normalized spacial score (nSPS) is 15.6. The fourth-order valence-electron chi connectivity index (χ4n) is 5.65. The minimum absolute atomic E-state index is 0.0459. The number of rotatable bonds is 8. The number of methoxy groups -OCH3 is 1. The number of carbonyl (C=O) groups excluding carboxylic acids is 2. The molecule has 45 heavy (non-hydrogen) atoms. The van der Waals surface area contributed by atoms with Gasteiger partial charge in [0.05, 0.1) is 29.2 Å². The van der Waals surface area contributed by atoms with Crippen molar-refractivity contribution < 1.29 is 23.1 Å². The van der Waals surface area contributed by atoms with Crippen LogP contribution < -0.4 is 10.1 Å². The van der Waals surface area contributed by atoms with Crippen LogP contribution in [0.4, 0.5) is 10.1 Å². The van der Waals surface area contributed by atoms with Crippen LogP contribution >= 0.6 is 11.6 Å². The van der Waals surface area contributed by atoms with Crippen LogP contribution in [0.3, 0.4) is 0 Å². The van der Waals surface area contributed by atoms with Gasteiger partial charge in [-0.2, -0.15) is 5.10 Å². The lowest BCUT2D eigenvalue weighted by Gasteiger charge is -2.08. The highest BCUT2D eigenvalue weighted by Crippen LogP contribution is 2.51. The second-order valence-corrected chi connectivity index (χ2v) is 11.5. The molecule has 0 saturated heterocycles. The van der Waals surface area contributed by atoms with E-state index in [1.54, 1.807) is 61.2 Å². The Bertz CT molecular complexity index is 2100. The van der Waals surface area contributed by atoms with Gasteiger partial charge in [-0.15, -0.1) is 0 Å². The molecule has 1 aliphatic carbocycles. The fraction of sp³-hybridized carbons (Fsp3) is 0.139. The van der Waals surface area contributed by atoms with Crippen molar-refractivity contribution in [1.82, 2.24) is 9.78 Å². The number of halogens is 2. The summed E-state index contributed by atoms with van der Waals surface area (Å²) < 4.78 is 27.4. The van der Waals surface area contributed by atoms with Crippen LogP contribution in [0, 0.1) is 18.7 Å². The second-order valence-electron chi connectivity index (χ2n) is 11.1. The van der Waals surface area contributed by atoms with E-state index in [-0.39, 0.29) is 34.8 Å². The first-order chi connectivity index (χ1) is 21.8. The van der Waals surface area contributed by atoms with E-state index in [4.69, 9.17) is 25.9 Å². The summed E-state index contributed by atoms with van der Waals surface area (Å²) >= 11 is 6.48. The zero-order valence-corrected chi connectivity index (χ0v) is 25.1. The second kappa shape index (κ2) is 11.4. The Balaban J connectivity index is 1.22. The third kappa shape index (κ3) is 5.27. The third-order valence-electron chi connectivity index (χ3n) is 8.20. The van der Waals surface area contributed by atoms with Crippen molar-refractivity contribution in [1.29, 1.82) is 0 Å². The summed E-state index contributed by atoms with van der Waals surface area (Å²) in [6.07, 6.45) is 2.54. The Morgan fingerprint density at radius 2 is 1.80 bits per heavy atom. The number of aryl methyl sites for hydroxylation is 1. The number of ether oxygens (including phenoxy) is 1. The smallest absolute Gasteiger partial charge is 0.230 e. The number of para-hydroxylation sites is 2. The Hall–Kier alpha value is -5.21. The minimum atomic E-state index is -0.518. The van der Waals surface area contributed by atoms with E-state index in [2.05, 4.69) is 5.32 Å². The minimum Gasteiger partial charge on any atom is -0.495 e. The number of aromatic nitrogens is 2. The average Bonchev–Trinajstić information content (AvgIpc) is 3.60. The molecule has 6 aromatic rings. The molecule has 7 nitrogen and oxygen atoms in total. The number of nitrogens with zero attached hydrogens (tertiary/aromatic N) is 2. The van der Waals surface area contributed by atoms with Crippen molar-refractivity contribution in [3.63, 3.8) is 0 Å². The first kappa shape index (κ1) is 28.6. The van der Waals surface area contributed by atoms with E-state index in [1.165, 1.54) is 6.07 Å². The molecular weight excluding hydrogens is 593 g/mol. The van der Waals surface area contributed by atoms with Crippen LogP contribution in [0.5, 0.6) is 5.75 Å². The molecule has 2 heterocycles. The molecular formula is C36H27ClFN3O4. The molecule has 1 amide bonds. The van der Waals surface area contributed by atoms with Crippen molar-refractivity contribution in [2.24, 2.45) is 5.92 Å². The molecule has 1 N–H and O–H groups in total. The molecule has 4 aromatic carbocycles. The average molecular weight is 620 g/mol. The lowest BCUT2D eigenvalue weighted by molar-refractivity contribution is -0.117. The molecule has 1 saturated carbocycles. The molecule has 1 fully saturated rings. The molecule has 0 radical (unpaired) electrons. The zero-order chi connectivity index (χ0) is 31.2. The number of amides is 1. The number of furan rings is 1. The number of benzene rings is 4. The quantitative estimate of drug-likeness (QED) is 0.173. The SMILES string of the molecule is COc1ccc(-c2nn(-c3ccccc3)cc2C2CC2C(=O)Nc2c(C(=O)c3ccc(C)c(F)c3)oc3ccccc23)cc1Cl. The molecule has 2 unspecified atom stereocenters. The summed E-state index contributed by atoms with van der Waals surface area (Å²) in [4.78, 5) is 27.3. The Morgan fingerprint density at radius 3 is 2.56 bits per heavy atom. The highest BCUT2D eigenvalue weighted by atomic mass is 35.5. The van der Waals surface area contributed by atoms with Crippen LogP contribution in [0.1, 0.15) is 39.6 Å². The van der Waals surface area contributed by atoms with Gasteiger partial charge in [-0.3, -0.25) is 9.59 Å². The van der Waals surface area contributed by atoms with Gasteiger partial charge in [0.25, 0.3) is 0 Å². The van der Waals surface area contributed by atoms with E-state index in [0.717, 1.165) is 22.5 Å². The molecule has 2 aromatic heterocycles. The monoisotopic (exact) mass is 619 g/mol. The standard InChI is InChI=1S/C36H27ClFN3O4/c1-20-12-13-22(17-29(20)38)34(42)35-33(24-10-6-7-11-30(24)45-35)39-36(43)26-18-25(26)27-19-41(23-8-4-3-5-9-23)40-32(27)21-14-15-31(44-2)28(37)16-21/h3-17,19,25-26H,18H2,1-2H3,(H,39,43). The summed E-state index contributed by atoms with van der Waals surface area (Å²) in [7, 11) is 1.56. The topological polar surface area (TPSA) is 86.4 Å². The van der Waals surface area contributed by atoms with Crippen LogP contribution in [0.15, 0.2) is 102 Å². The van der Waals surface area contributed by atoms with Crippen LogP contribution in [0.2, 0.25) is 5.02 Å². The largest absolute Gasteiger partial charge is 0.495 e. The summed E-state index contributed by atoms with van der Waals surface area (Å²) in [6, 6.07) is 26.6. The van der Waals surface area contributed by atoms with Gasteiger partial charge in [0.2, 0.25) is 11.7 Å². The van der Waals surface area contributed by atoms with Crippen molar-refractivity contribution >= 4 is 39.9 Å². The molecule has 1 aliphatic rings. The first-order valence-electron chi connectivity index (χ1n) is 14.4. The highest BCUT2D eigenvalue weighted by Gasteiger charge is 2.46. The summed E-state index contributed by atoms with van der Waals surface area (Å²) in [6.45, 7) is 1.63. The van der Waals surface area contributed by atoms with Gasteiger partial charge in [0.1, 0.15) is 17.1 Å². The van der Waals surface area contributed by atoms with Crippen molar-refractivity contribution in [2.75, 3.05) is 12.4 Å². The van der Waals surface area contributed by atoms with E-state index in [0.29, 0.717) is 33.7 Å². The number of carbonyl (C=O) groups is 2. The van der Waals surface area contributed by atoms with E-state index >= 15 is 0 Å². The van der Waals surface area contributed by atoms with Crippen molar-refractivity contribution in [3.05, 3.63) is 130 Å². The van der Waals surface area contributed by atoms with Crippen molar-refractivity contribution in [2.45, 2.75) is 19.3 Å². The molecule has 224 valence electrons. The van der Waals surface area contributed by atoms with Crippen molar-refractivity contribution in [3.8, 4) is 22.7 Å². The number of anilines is 1. The van der Waals surface area contributed by atoms with E-state index < -0.39 is 11.6 Å². The number of nitrogens with one attached hydrogen (secondary N) is 1. The third-order valence-corrected chi connectivity index (χ3v) is 8.49. The zero-order valence-electron chi connectivity index (χ0n) is 24.4. The van der Waals surface area contributed by atoms with Gasteiger partial charge in [-0.25, -0.2) is 9.07 Å². The molecule has 0 aliphatic heterocycles. The number of fused-ring (bicyclic) bond motifs is 1. The predicted octanol–water partition coefficient (Wildman–Crippen LogP) is 8.37. The summed E-state index contributed by atoms with van der Waals surface area (Å²) in [5, 5.41) is 8.92. The maximum Gasteiger partial charge on any atom is 0.230 e. The van der Waals surface area contributed by atoms with Gasteiger partial charge in [0.15, 0.2) is 5.76 Å². The lowest BCUT2D eigenvalue weighted by Crippen LogP contribution is -2.16. The molecule has 9 heteroatoms. The lowest BCUT2D eigenvalue weighted by atomic mass is 10.0. The van der Waals surface area contributed by atoms with Gasteiger partial charge in [-0.05, 0) is 67.4 Å². The Kier molecular flexibility index (Phi) is 7.22. The molecule has 7 rings (SSSR count). The van der Waals surface area contributed by atoms with E-state index in [1.807, 2.05) is 48.7 Å². The molecule has 2 atom stereocenters. The van der Waals surface area contributed by atoms with Gasteiger partial charge < -0.3 is 14.5 Å². The number of hydrogen-bond acceptors (Lipinski definition) is 5. The maximum absolute atomic E-state index is 14.3. The van der Waals surface area contributed by atoms with Gasteiger partial charge in [-0.1, -0.05) is 54.1 Å². The van der Waals surface area contributed by atoms with Crippen LogP contribution in [-0.2, 0) is 4.79 Å². The molecule has 0 spiro atoms. The van der Waals surface area contributed by atoms with Crippen LogP contribution in [-0.4, -0.2) is 28.6 Å². The Morgan fingerprint density at radius 1 is 1.02 bits per heavy atom. The first-order valence-corrected chi connectivity index (χ1v) is 14.8. The van der Waals surface area contributed by atoms with Gasteiger partial charge in [0, 0.05) is 40.1 Å². The van der Waals surface area contributed by atoms with Crippen LogP contribution in [0.25, 0.3) is 27.9 Å². The Labute approximate surface area is 263 Å². The fourth-order valence-corrected chi connectivity index (χ4v) is 5.91. The predicted molar refractivity (Wildman–Crippen MR) is 171 cm³/mol. The molecule has 0 bridgehead atoms. The maximum atomic E-state index is 14.3. The highest BCUT2D eigenvalue weighted by molar-refractivity contribution is 6.32. The number of ketones is 1. The summed E-state index contributed by atoms with van der Waals surface area (Å²) in [5.74, 6) is -1.25.